The Morgan fingerprint density at radius 3 is 2.48 bits per heavy atom. The Labute approximate surface area is 148 Å². The molecule has 0 fully saturated rings. The van der Waals surface area contributed by atoms with E-state index in [-0.39, 0.29) is 5.91 Å². The second-order valence-corrected chi connectivity index (χ2v) is 5.94. The summed E-state index contributed by atoms with van der Waals surface area (Å²) in [5.41, 5.74) is 6.11. The molecular formula is C19H27N3O3. The number of hydrogen-bond donors (Lipinski definition) is 3. The van der Waals surface area contributed by atoms with Crippen molar-refractivity contribution in [3.05, 3.63) is 42.5 Å². The first-order chi connectivity index (χ1) is 12.0. The average molecular weight is 345 g/mol. The molecule has 6 heteroatoms. The molecule has 4 N–H and O–H groups in total. The van der Waals surface area contributed by atoms with Gasteiger partial charge in [-0.2, -0.15) is 0 Å². The van der Waals surface area contributed by atoms with Gasteiger partial charge in [-0.05, 0) is 31.4 Å². The molecule has 3 amide bonds. The summed E-state index contributed by atoms with van der Waals surface area (Å²) in [7, 11) is 0. The summed E-state index contributed by atoms with van der Waals surface area (Å²) in [6, 6.07) is 5.91. The fourth-order valence-corrected chi connectivity index (χ4v) is 2.49. The molecule has 0 saturated carbocycles. The minimum absolute atomic E-state index is 0.272. The highest BCUT2D eigenvalue weighted by Crippen LogP contribution is 2.16. The highest BCUT2D eigenvalue weighted by Gasteiger charge is 2.20. The highest BCUT2D eigenvalue weighted by atomic mass is 16.2. The topological polar surface area (TPSA) is 101 Å². The fourth-order valence-electron chi connectivity index (χ4n) is 2.49. The van der Waals surface area contributed by atoms with E-state index in [1.54, 1.807) is 24.3 Å². The van der Waals surface area contributed by atoms with Crippen LogP contribution >= 0.6 is 0 Å². The van der Waals surface area contributed by atoms with Gasteiger partial charge in [-0.15, -0.1) is 6.58 Å². The zero-order valence-electron chi connectivity index (χ0n) is 14.7. The summed E-state index contributed by atoms with van der Waals surface area (Å²) >= 11 is 0. The Bertz CT molecular complexity index is 614. The first-order valence-electron chi connectivity index (χ1n) is 8.53. The van der Waals surface area contributed by atoms with E-state index in [0.29, 0.717) is 17.7 Å². The number of para-hydroxylation sites is 1. The number of anilines is 1. The molecule has 1 aromatic rings. The number of unbranched alkanes of at least 4 members (excludes halogenated alkanes) is 4. The molecule has 0 saturated heterocycles. The predicted octanol–water partition coefficient (Wildman–Crippen LogP) is 2.76. The van der Waals surface area contributed by atoms with Gasteiger partial charge in [0.1, 0.15) is 6.04 Å². The van der Waals surface area contributed by atoms with Gasteiger partial charge >= 0.3 is 0 Å². The summed E-state index contributed by atoms with van der Waals surface area (Å²) in [6.07, 6.45) is 7.26. The van der Waals surface area contributed by atoms with Crippen LogP contribution in [0.3, 0.4) is 0 Å². The number of rotatable bonds is 11. The van der Waals surface area contributed by atoms with Crippen LogP contribution < -0.4 is 16.4 Å². The van der Waals surface area contributed by atoms with Gasteiger partial charge in [0.15, 0.2) is 0 Å². The van der Waals surface area contributed by atoms with E-state index in [1.807, 2.05) is 6.08 Å². The smallest absolute Gasteiger partial charge is 0.254 e. The molecule has 1 aromatic carbocycles. The van der Waals surface area contributed by atoms with Gasteiger partial charge in [-0.3, -0.25) is 14.4 Å². The number of carbonyl (C=O) groups excluding carboxylic acids is 3. The lowest BCUT2D eigenvalue weighted by Gasteiger charge is -2.17. The molecule has 0 radical (unpaired) electrons. The lowest BCUT2D eigenvalue weighted by Crippen LogP contribution is -2.44. The van der Waals surface area contributed by atoms with Gasteiger partial charge in [0.2, 0.25) is 11.8 Å². The predicted molar refractivity (Wildman–Crippen MR) is 99.1 cm³/mol. The first kappa shape index (κ1) is 20.4. The van der Waals surface area contributed by atoms with Gasteiger partial charge in [-0.1, -0.05) is 37.5 Å². The molecule has 6 nitrogen and oxygen atoms in total. The van der Waals surface area contributed by atoms with E-state index < -0.39 is 17.9 Å². The quantitative estimate of drug-likeness (QED) is 0.424. The maximum absolute atomic E-state index is 12.5. The largest absolute Gasteiger partial charge is 0.368 e. The Morgan fingerprint density at radius 1 is 1.16 bits per heavy atom. The standard InChI is InChI=1S/C19H27N3O3/c1-3-4-5-6-7-8-13-17(18(20)24)22-19(25)15-11-9-10-12-16(15)21-14(2)23/h3,9-12,17H,1,4-8,13H2,2H3,(H2,20,24)(H,21,23)(H,22,25)/t17-/m1/s1. The number of hydrogen-bond acceptors (Lipinski definition) is 3. The second-order valence-electron chi connectivity index (χ2n) is 5.94. The van der Waals surface area contributed by atoms with Crippen LogP contribution in [0.5, 0.6) is 0 Å². The van der Waals surface area contributed by atoms with Gasteiger partial charge in [0, 0.05) is 6.92 Å². The molecular weight excluding hydrogens is 318 g/mol. The van der Waals surface area contributed by atoms with Crippen LogP contribution in [-0.2, 0) is 9.59 Å². The number of nitrogens with one attached hydrogen (secondary N) is 2. The van der Waals surface area contributed by atoms with Crippen molar-refractivity contribution < 1.29 is 14.4 Å². The normalized spacial score (nSPS) is 11.4. The van der Waals surface area contributed by atoms with Crippen molar-refractivity contribution in [1.29, 1.82) is 0 Å². The van der Waals surface area contributed by atoms with Gasteiger partial charge < -0.3 is 16.4 Å². The van der Waals surface area contributed by atoms with Crippen molar-refractivity contribution in [2.75, 3.05) is 5.32 Å². The summed E-state index contributed by atoms with van der Waals surface area (Å²) in [6.45, 7) is 5.05. The van der Waals surface area contributed by atoms with Crippen LogP contribution in [0.2, 0.25) is 0 Å². The van der Waals surface area contributed by atoms with Gasteiger partial charge in [-0.25, -0.2) is 0 Å². The number of carbonyl (C=O) groups is 3. The Balaban J connectivity index is 2.63. The van der Waals surface area contributed by atoms with Gasteiger partial charge in [0.05, 0.1) is 11.3 Å². The lowest BCUT2D eigenvalue weighted by atomic mass is 10.0. The van der Waals surface area contributed by atoms with Crippen LogP contribution in [0.1, 0.15) is 55.8 Å². The third kappa shape index (κ3) is 7.65. The molecule has 1 atom stereocenters. The summed E-state index contributed by atoms with van der Waals surface area (Å²) in [4.78, 5) is 35.3. The third-order valence-electron chi connectivity index (χ3n) is 3.78. The average Bonchev–Trinajstić information content (AvgIpc) is 2.56. The van der Waals surface area contributed by atoms with E-state index in [0.717, 1.165) is 32.1 Å². The van der Waals surface area contributed by atoms with E-state index >= 15 is 0 Å². The number of primary amides is 1. The molecule has 0 spiro atoms. The summed E-state index contributed by atoms with van der Waals surface area (Å²) < 4.78 is 0. The first-order valence-corrected chi connectivity index (χ1v) is 8.53. The molecule has 0 heterocycles. The van der Waals surface area contributed by atoms with Crippen molar-refractivity contribution in [2.24, 2.45) is 5.73 Å². The van der Waals surface area contributed by atoms with Crippen LogP contribution in [0.15, 0.2) is 36.9 Å². The molecule has 0 unspecified atom stereocenters. The highest BCUT2D eigenvalue weighted by molar-refractivity contribution is 6.04. The van der Waals surface area contributed by atoms with E-state index in [2.05, 4.69) is 17.2 Å². The molecule has 0 bridgehead atoms. The molecule has 25 heavy (non-hydrogen) atoms. The third-order valence-corrected chi connectivity index (χ3v) is 3.78. The van der Waals surface area contributed by atoms with Crippen LogP contribution in [0.25, 0.3) is 0 Å². The van der Waals surface area contributed by atoms with E-state index in [9.17, 15) is 14.4 Å². The number of amides is 3. The van der Waals surface area contributed by atoms with Crippen molar-refractivity contribution >= 4 is 23.4 Å². The van der Waals surface area contributed by atoms with E-state index in [4.69, 9.17) is 5.73 Å². The van der Waals surface area contributed by atoms with Crippen molar-refractivity contribution in [2.45, 2.75) is 51.5 Å². The maximum Gasteiger partial charge on any atom is 0.254 e. The molecule has 0 aliphatic heterocycles. The Morgan fingerprint density at radius 2 is 1.84 bits per heavy atom. The molecule has 0 aliphatic rings. The monoisotopic (exact) mass is 345 g/mol. The lowest BCUT2D eigenvalue weighted by molar-refractivity contribution is -0.120. The zero-order chi connectivity index (χ0) is 18.7. The Hall–Kier alpha value is -2.63. The summed E-state index contributed by atoms with van der Waals surface area (Å²) in [5.74, 6) is -1.26. The van der Waals surface area contributed by atoms with Crippen molar-refractivity contribution in [1.82, 2.24) is 5.32 Å². The van der Waals surface area contributed by atoms with Crippen LogP contribution in [-0.4, -0.2) is 23.8 Å². The van der Waals surface area contributed by atoms with Gasteiger partial charge in [0.25, 0.3) is 5.91 Å². The summed E-state index contributed by atoms with van der Waals surface area (Å²) in [5, 5.41) is 5.27. The Kier molecular flexibility index (Phi) is 9.00. The van der Waals surface area contributed by atoms with Crippen molar-refractivity contribution in [3.8, 4) is 0 Å². The molecule has 0 aromatic heterocycles. The van der Waals surface area contributed by atoms with Crippen molar-refractivity contribution in [3.63, 3.8) is 0 Å². The fraction of sp³-hybridized carbons (Fsp3) is 0.421. The number of allylic oxidation sites excluding steroid dienone is 1. The minimum Gasteiger partial charge on any atom is -0.368 e. The second kappa shape index (κ2) is 11.0. The zero-order valence-corrected chi connectivity index (χ0v) is 14.7. The SMILES string of the molecule is C=CCCCCCC[C@@H](NC(=O)c1ccccc1NC(C)=O)C(N)=O. The number of benzene rings is 1. The van der Waals surface area contributed by atoms with Crippen LogP contribution in [0.4, 0.5) is 5.69 Å². The molecule has 1 rings (SSSR count). The minimum atomic E-state index is -0.725. The van der Waals surface area contributed by atoms with E-state index in [1.165, 1.54) is 6.92 Å². The van der Waals surface area contributed by atoms with Crippen LogP contribution in [0, 0.1) is 0 Å². The molecule has 0 aliphatic carbocycles. The maximum atomic E-state index is 12.5. The number of nitrogens with two attached hydrogens (primary N) is 1. The molecule has 136 valence electrons.